The number of ether oxygens (including phenoxy) is 2. The van der Waals surface area contributed by atoms with E-state index in [2.05, 4.69) is 84.2 Å². The summed E-state index contributed by atoms with van der Waals surface area (Å²) in [5, 5.41) is 10.8. The number of hydrogen-bond donors (Lipinski definition) is 3. The molecular formula is C38H39Br2F2N3O2. The summed E-state index contributed by atoms with van der Waals surface area (Å²) in [6.45, 7) is 1.38. The second-order valence-corrected chi connectivity index (χ2v) is 15.4. The average molecular weight is 768 g/mol. The molecule has 5 nitrogen and oxygen atoms in total. The Hall–Kier alpha value is -2.56. The van der Waals surface area contributed by atoms with Crippen LogP contribution >= 0.6 is 31.9 Å². The standard InChI is InChI=1S/C38H39Br2F2N3O2/c39-23-15-29-35(31(41)17-23)44-33(21-7-3-1-4-8-21)27-13-11-25(46-37(27)29)19-43-20-26-12-14-28-34(22-9-5-2-6-10-22)45-36-30(38(28)47-26)16-24(40)18-32(36)42/h1-9,15-18,22,25-28,33-34,37-38,43-45H,10-14,19-20H2/t22?,25-,26-,27+,28+,33+,34+,37+,38+/m1/s1. The molecule has 0 spiro atoms. The molecule has 4 heterocycles. The van der Waals surface area contributed by atoms with Gasteiger partial charge in [-0.1, -0.05) is 86.5 Å². The number of hydrogen-bond acceptors (Lipinski definition) is 5. The van der Waals surface area contributed by atoms with Gasteiger partial charge in [-0.25, -0.2) is 8.78 Å². The normalized spacial score (nSPS) is 32.3. The monoisotopic (exact) mass is 765 g/mol. The zero-order valence-electron chi connectivity index (χ0n) is 26.0. The molecule has 3 aromatic carbocycles. The molecule has 0 amide bonds. The lowest BCUT2D eigenvalue weighted by molar-refractivity contribution is -0.103. The van der Waals surface area contributed by atoms with E-state index >= 15 is 8.78 Å². The fourth-order valence-electron chi connectivity index (χ4n) is 8.59. The molecule has 0 bridgehead atoms. The summed E-state index contributed by atoms with van der Waals surface area (Å²) in [7, 11) is 0. The molecule has 246 valence electrons. The topological polar surface area (TPSA) is 54.5 Å². The van der Waals surface area contributed by atoms with Crippen LogP contribution in [0.4, 0.5) is 20.2 Å². The van der Waals surface area contributed by atoms with Crippen molar-refractivity contribution in [2.24, 2.45) is 17.8 Å². The summed E-state index contributed by atoms with van der Waals surface area (Å²) in [5.74, 6) is 0.227. The van der Waals surface area contributed by atoms with Crippen LogP contribution in [-0.2, 0) is 9.47 Å². The van der Waals surface area contributed by atoms with Gasteiger partial charge in [0.25, 0.3) is 0 Å². The van der Waals surface area contributed by atoms with Crippen molar-refractivity contribution in [3.63, 3.8) is 0 Å². The van der Waals surface area contributed by atoms with Gasteiger partial charge in [0, 0.05) is 57.0 Å². The Labute approximate surface area is 291 Å². The maximum atomic E-state index is 15.3. The summed E-state index contributed by atoms with van der Waals surface area (Å²) < 4.78 is 45.6. The van der Waals surface area contributed by atoms with Crippen molar-refractivity contribution in [3.05, 3.63) is 116 Å². The highest BCUT2D eigenvalue weighted by molar-refractivity contribution is 9.10. The molecule has 9 atom stereocenters. The number of rotatable bonds is 6. The molecule has 3 N–H and O–H groups in total. The number of halogens is 4. The Kier molecular flexibility index (Phi) is 9.03. The van der Waals surface area contributed by atoms with Crippen molar-refractivity contribution in [2.75, 3.05) is 23.7 Å². The van der Waals surface area contributed by atoms with E-state index in [0.717, 1.165) is 53.3 Å². The lowest BCUT2D eigenvalue weighted by Gasteiger charge is -2.48. The van der Waals surface area contributed by atoms with E-state index in [1.165, 1.54) is 12.1 Å². The SMILES string of the molecule is Fc1cc(Br)cc2c1N[C@@H](c1ccccc1)[C@@H]1CC[C@H](CNC[C@H]3CC[C@@H]4[C@H](O3)c3cc(Br)cc(F)c3N[C@H]4C3C=CC=CC3)O[C@H]21. The molecule has 0 saturated carbocycles. The molecule has 9 heteroatoms. The van der Waals surface area contributed by atoms with Crippen LogP contribution in [0.2, 0.25) is 0 Å². The third-order valence-electron chi connectivity index (χ3n) is 10.8. The van der Waals surface area contributed by atoms with Gasteiger partial charge < -0.3 is 25.4 Å². The van der Waals surface area contributed by atoms with Gasteiger partial charge in [-0.05, 0) is 61.9 Å². The number of benzene rings is 3. The zero-order chi connectivity index (χ0) is 32.1. The first-order valence-corrected chi connectivity index (χ1v) is 18.4. The molecule has 3 aromatic rings. The number of fused-ring (bicyclic) bond motifs is 6. The first-order valence-electron chi connectivity index (χ1n) is 16.8. The van der Waals surface area contributed by atoms with Gasteiger partial charge in [0.2, 0.25) is 0 Å². The highest BCUT2D eigenvalue weighted by Crippen LogP contribution is 2.52. The van der Waals surface area contributed by atoms with E-state index in [9.17, 15) is 0 Å². The van der Waals surface area contributed by atoms with Crippen LogP contribution in [0, 0.1) is 29.4 Å². The van der Waals surface area contributed by atoms with Crippen molar-refractivity contribution in [1.82, 2.24) is 5.32 Å². The maximum absolute atomic E-state index is 15.3. The largest absolute Gasteiger partial charge is 0.379 e. The van der Waals surface area contributed by atoms with Crippen molar-refractivity contribution >= 4 is 43.2 Å². The highest BCUT2D eigenvalue weighted by atomic mass is 79.9. The third kappa shape index (κ3) is 6.23. The van der Waals surface area contributed by atoms with Crippen LogP contribution in [0.1, 0.15) is 67.0 Å². The Morgan fingerprint density at radius 1 is 0.745 bits per heavy atom. The van der Waals surface area contributed by atoms with E-state index < -0.39 is 0 Å². The van der Waals surface area contributed by atoms with Gasteiger partial charge in [0.15, 0.2) is 0 Å². The minimum atomic E-state index is -0.269. The molecule has 5 aliphatic rings. The van der Waals surface area contributed by atoms with E-state index in [1.54, 1.807) is 0 Å². The van der Waals surface area contributed by atoms with Crippen LogP contribution in [-0.4, -0.2) is 31.3 Å². The summed E-state index contributed by atoms with van der Waals surface area (Å²) >= 11 is 7.02. The second kappa shape index (κ2) is 13.4. The lowest BCUT2D eigenvalue weighted by Crippen LogP contribution is -2.49. The minimum absolute atomic E-state index is 0.00260. The third-order valence-corrected chi connectivity index (χ3v) is 11.7. The molecule has 0 radical (unpaired) electrons. The van der Waals surface area contributed by atoms with E-state index in [-0.39, 0.29) is 60.0 Å². The molecule has 2 saturated heterocycles. The Balaban J connectivity index is 0.953. The summed E-state index contributed by atoms with van der Waals surface area (Å²) in [6.07, 6.45) is 13.0. The molecule has 8 rings (SSSR count). The van der Waals surface area contributed by atoms with Crippen LogP contribution in [0.15, 0.2) is 87.8 Å². The van der Waals surface area contributed by atoms with Gasteiger partial charge >= 0.3 is 0 Å². The number of allylic oxidation sites excluding steroid dienone is 3. The predicted octanol–water partition coefficient (Wildman–Crippen LogP) is 9.55. The van der Waals surface area contributed by atoms with Crippen LogP contribution in [0.25, 0.3) is 0 Å². The Bertz CT molecular complexity index is 1690. The fourth-order valence-corrected chi connectivity index (χ4v) is 9.49. The minimum Gasteiger partial charge on any atom is -0.379 e. The van der Waals surface area contributed by atoms with Crippen molar-refractivity contribution in [3.8, 4) is 0 Å². The molecule has 0 aromatic heterocycles. The zero-order valence-corrected chi connectivity index (χ0v) is 29.2. The van der Waals surface area contributed by atoms with Gasteiger partial charge in [-0.2, -0.15) is 0 Å². The van der Waals surface area contributed by atoms with Crippen LogP contribution in [0.5, 0.6) is 0 Å². The molecule has 2 fully saturated rings. The van der Waals surface area contributed by atoms with Crippen LogP contribution < -0.4 is 16.0 Å². The lowest BCUT2D eigenvalue weighted by atomic mass is 9.73. The van der Waals surface area contributed by atoms with Crippen molar-refractivity contribution < 1.29 is 18.3 Å². The first kappa shape index (κ1) is 31.7. The fraction of sp³-hybridized carbons (Fsp3) is 0.421. The van der Waals surface area contributed by atoms with Crippen LogP contribution in [0.3, 0.4) is 0 Å². The van der Waals surface area contributed by atoms with E-state index in [0.29, 0.717) is 34.9 Å². The summed E-state index contributed by atoms with van der Waals surface area (Å²) in [6, 6.07) is 17.4. The van der Waals surface area contributed by atoms with Gasteiger partial charge in [0.1, 0.15) is 11.6 Å². The average Bonchev–Trinajstić information content (AvgIpc) is 3.08. The molecule has 1 aliphatic carbocycles. The van der Waals surface area contributed by atoms with Gasteiger partial charge in [0.05, 0.1) is 41.8 Å². The Morgan fingerprint density at radius 3 is 2.00 bits per heavy atom. The summed E-state index contributed by atoms with van der Waals surface area (Å²) in [4.78, 5) is 0. The number of nitrogens with one attached hydrogen (secondary N) is 3. The maximum Gasteiger partial charge on any atom is 0.147 e. The molecule has 1 unspecified atom stereocenters. The van der Waals surface area contributed by atoms with E-state index in [1.807, 2.05) is 30.3 Å². The molecule has 47 heavy (non-hydrogen) atoms. The molecular weight excluding hydrogens is 728 g/mol. The molecule has 4 aliphatic heterocycles. The Morgan fingerprint density at radius 2 is 1.36 bits per heavy atom. The summed E-state index contributed by atoms with van der Waals surface area (Å²) in [5.41, 5.74) is 4.02. The van der Waals surface area contributed by atoms with Crippen molar-refractivity contribution in [1.29, 1.82) is 0 Å². The van der Waals surface area contributed by atoms with Crippen molar-refractivity contribution in [2.45, 2.75) is 68.6 Å². The van der Waals surface area contributed by atoms with E-state index in [4.69, 9.17) is 9.47 Å². The first-order chi connectivity index (χ1) is 22.9. The number of anilines is 2. The quantitative estimate of drug-likeness (QED) is 0.234. The predicted molar refractivity (Wildman–Crippen MR) is 188 cm³/mol. The van der Waals surface area contributed by atoms with Gasteiger partial charge in [-0.3, -0.25) is 0 Å². The second-order valence-electron chi connectivity index (χ2n) is 13.6. The highest BCUT2D eigenvalue weighted by Gasteiger charge is 2.46. The van der Waals surface area contributed by atoms with Gasteiger partial charge in [-0.15, -0.1) is 0 Å². The smallest absolute Gasteiger partial charge is 0.147 e.